The predicted octanol–water partition coefficient (Wildman–Crippen LogP) is 0.692. The smallest absolute Gasteiger partial charge is 0.329 e. The van der Waals surface area contributed by atoms with Crippen LogP contribution in [0.5, 0.6) is 0 Å². The van der Waals surface area contributed by atoms with E-state index in [0.29, 0.717) is 25.8 Å². The second kappa shape index (κ2) is 5.91. The molecule has 0 aromatic rings. The van der Waals surface area contributed by atoms with Crippen molar-refractivity contribution in [1.82, 2.24) is 15.5 Å². The first-order valence-electron chi connectivity index (χ1n) is 7.52. The summed E-state index contributed by atoms with van der Waals surface area (Å²) in [5, 5.41) is 14.9. The summed E-state index contributed by atoms with van der Waals surface area (Å²) in [5.41, 5.74) is -1.14. The van der Waals surface area contributed by atoms with Gasteiger partial charge in [-0.1, -0.05) is 6.92 Å². The van der Waals surface area contributed by atoms with Crippen LogP contribution >= 0.6 is 0 Å². The summed E-state index contributed by atoms with van der Waals surface area (Å²) in [6.07, 6.45) is 3.44. The summed E-state index contributed by atoms with van der Waals surface area (Å²) in [6, 6.07) is -0.908. The fourth-order valence-corrected chi connectivity index (χ4v) is 2.80. The summed E-state index contributed by atoms with van der Waals surface area (Å²) >= 11 is 0. The number of aliphatic carboxylic acids is 1. The van der Waals surface area contributed by atoms with Crippen LogP contribution in [-0.2, 0) is 9.59 Å². The first kappa shape index (κ1) is 15.6. The van der Waals surface area contributed by atoms with Crippen LogP contribution in [0.3, 0.4) is 0 Å². The molecule has 0 spiro atoms. The third-order valence-electron chi connectivity index (χ3n) is 4.37. The molecular weight excluding hydrogens is 274 g/mol. The Bertz CT molecular complexity index is 450. The van der Waals surface area contributed by atoms with Crippen molar-refractivity contribution in [1.29, 1.82) is 0 Å². The van der Waals surface area contributed by atoms with Crippen molar-refractivity contribution in [2.45, 2.75) is 63.6 Å². The van der Waals surface area contributed by atoms with Crippen LogP contribution in [0.1, 0.15) is 46.0 Å². The minimum absolute atomic E-state index is 0.220. The number of carboxylic acid groups (broad SMARTS) is 1. The van der Waals surface area contributed by atoms with Crippen LogP contribution in [0.2, 0.25) is 0 Å². The molecule has 0 aromatic carbocycles. The lowest BCUT2D eigenvalue weighted by molar-refractivity contribution is -0.148. The lowest BCUT2D eigenvalue weighted by Gasteiger charge is -2.34. The number of urea groups is 1. The van der Waals surface area contributed by atoms with Crippen molar-refractivity contribution in [2.75, 3.05) is 6.54 Å². The second-order valence-electron chi connectivity index (χ2n) is 5.90. The maximum atomic E-state index is 12.3. The standard InChI is InChI=1S/C14H23N3O4/c1-3-14(12(19)20)7-4-8-17(14)13(21)15-9(2)11(18)16-10-5-6-10/h9-10H,3-8H2,1-2H3,(H,15,21)(H,16,18)(H,19,20). The largest absolute Gasteiger partial charge is 0.479 e. The molecule has 0 aromatic heterocycles. The van der Waals surface area contributed by atoms with Crippen molar-refractivity contribution in [2.24, 2.45) is 0 Å². The van der Waals surface area contributed by atoms with Crippen molar-refractivity contribution in [3.8, 4) is 0 Å². The molecule has 1 saturated carbocycles. The second-order valence-corrected chi connectivity index (χ2v) is 5.90. The van der Waals surface area contributed by atoms with Gasteiger partial charge in [0.2, 0.25) is 5.91 Å². The van der Waals surface area contributed by atoms with E-state index < -0.39 is 23.6 Å². The molecule has 1 heterocycles. The molecule has 21 heavy (non-hydrogen) atoms. The molecule has 2 aliphatic rings. The van der Waals surface area contributed by atoms with E-state index in [0.717, 1.165) is 12.8 Å². The topological polar surface area (TPSA) is 98.7 Å². The maximum Gasteiger partial charge on any atom is 0.329 e. The molecule has 7 nitrogen and oxygen atoms in total. The Labute approximate surface area is 124 Å². The van der Waals surface area contributed by atoms with Gasteiger partial charge in [0.1, 0.15) is 11.6 Å². The average Bonchev–Trinajstić information content (AvgIpc) is 3.13. The van der Waals surface area contributed by atoms with Gasteiger partial charge in [-0.15, -0.1) is 0 Å². The molecular formula is C14H23N3O4. The van der Waals surface area contributed by atoms with Gasteiger partial charge in [-0.3, -0.25) is 4.79 Å². The van der Waals surface area contributed by atoms with E-state index in [1.807, 2.05) is 0 Å². The normalized spacial score (nSPS) is 26.3. The zero-order chi connectivity index (χ0) is 15.6. The monoisotopic (exact) mass is 297 g/mol. The van der Waals surface area contributed by atoms with Crippen LogP contribution in [-0.4, -0.2) is 52.1 Å². The Hall–Kier alpha value is -1.79. The minimum atomic E-state index is -1.14. The van der Waals surface area contributed by atoms with E-state index in [9.17, 15) is 19.5 Å². The first-order valence-corrected chi connectivity index (χ1v) is 7.52. The average molecular weight is 297 g/mol. The predicted molar refractivity (Wildman–Crippen MR) is 75.8 cm³/mol. The summed E-state index contributed by atoms with van der Waals surface area (Å²) in [5.74, 6) is -1.20. The highest BCUT2D eigenvalue weighted by atomic mass is 16.4. The SMILES string of the molecule is CCC1(C(=O)O)CCCN1C(=O)NC(C)C(=O)NC1CC1. The molecule has 1 aliphatic carbocycles. The zero-order valence-corrected chi connectivity index (χ0v) is 12.5. The van der Waals surface area contributed by atoms with Gasteiger partial charge < -0.3 is 20.6 Å². The third-order valence-corrected chi connectivity index (χ3v) is 4.37. The maximum absolute atomic E-state index is 12.3. The summed E-state index contributed by atoms with van der Waals surface area (Å²) in [6.45, 7) is 3.78. The summed E-state index contributed by atoms with van der Waals surface area (Å²) < 4.78 is 0. The van der Waals surface area contributed by atoms with Crippen molar-refractivity contribution >= 4 is 17.9 Å². The van der Waals surface area contributed by atoms with Crippen LogP contribution < -0.4 is 10.6 Å². The number of hydrogen-bond donors (Lipinski definition) is 3. The Morgan fingerprint density at radius 3 is 2.57 bits per heavy atom. The van der Waals surface area contributed by atoms with Gasteiger partial charge in [0.05, 0.1) is 0 Å². The molecule has 7 heteroatoms. The van der Waals surface area contributed by atoms with Crippen LogP contribution in [0.25, 0.3) is 0 Å². The summed E-state index contributed by atoms with van der Waals surface area (Å²) in [4.78, 5) is 37.1. The Kier molecular flexibility index (Phi) is 4.39. The molecule has 2 rings (SSSR count). The van der Waals surface area contributed by atoms with Crippen LogP contribution in [0.15, 0.2) is 0 Å². The van der Waals surface area contributed by atoms with E-state index >= 15 is 0 Å². The van der Waals surface area contributed by atoms with E-state index in [1.54, 1.807) is 13.8 Å². The molecule has 2 atom stereocenters. The molecule has 118 valence electrons. The van der Waals surface area contributed by atoms with Crippen LogP contribution in [0.4, 0.5) is 4.79 Å². The fraction of sp³-hybridized carbons (Fsp3) is 0.786. The molecule has 0 bridgehead atoms. The number of rotatable bonds is 5. The van der Waals surface area contributed by atoms with Crippen molar-refractivity contribution in [3.05, 3.63) is 0 Å². The van der Waals surface area contributed by atoms with Gasteiger partial charge in [0.15, 0.2) is 0 Å². The van der Waals surface area contributed by atoms with Gasteiger partial charge in [-0.25, -0.2) is 9.59 Å². The molecule has 3 N–H and O–H groups in total. The zero-order valence-electron chi connectivity index (χ0n) is 12.5. The fourth-order valence-electron chi connectivity index (χ4n) is 2.80. The minimum Gasteiger partial charge on any atom is -0.479 e. The Morgan fingerprint density at radius 2 is 2.05 bits per heavy atom. The molecule has 3 amide bonds. The highest BCUT2D eigenvalue weighted by Crippen LogP contribution is 2.32. The first-order chi connectivity index (χ1) is 9.90. The van der Waals surface area contributed by atoms with Gasteiger partial charge in [-0.05, 0) is 39.0 Å². The highest BCUT2D eigenvalue weighted by molar-refractivity contribution is 5.90. The number of nitrogens with one attached hydrogen (secondary N) is 2. The van der Waals surface area contributed by atoms with E-state index in [-0.39, 0.29) is 11.9 Å². The van der Waals surface area contributed by atoms with Crippen molar-refractivity contribution in [3.63, 3.8) is 0 Å². The molecule has 2 unspecified atom stereocenters. The number of carboxylic acids is 1. The van der Waals surface area contributed by atoms with E-state index in [4.69, 9.17) is 0 Å². The molecule has 1 saturated heterocycles. The molecule has 1 aliphatic heterocycles. The quantitative estimate of drug-likeness (QED) is 0.695. The van der Waals surface area contributed by atoms with E-state index in [2.05, 4.69) is 10.6 Å². The number of amides is 3. The van der Waals surface area contributed by atoms with Gasteiger partial charge in [0.25, 0.3) is 0 Å². The van der Waals surface area contributed by atoms with Gasteiger partial charge in [-0.2, -0.15) is 0 Å². The Morgan fingerprint density at radius 1 is 1.38 bits per heavy atom. The number of carbonyl (C=O) groups excluding carboxylic acids is 2. The van der Waals surface area contributed by atoms with Gasteiger partial charge in [0, 0.05) is 12.6 Å². The lowest BCUT2D eigenvalue weighted by Crippen LogP contribution is -2.58. The number of carbonyl (C=O) groups is 3. The van der Waals surface area contributed by atoms with Crippen molar-refractivity contribution < 1.29 is 19.5 Å². The molecule has 2 fully saturated rings. The van der Waals surface area contributed by atoms with E-state index in [1.165, 1.54) is 4.90 Å². The van der Waals surface area contributed by atoms with Gasteiger partial charge >= 0.3 is 12.0 Å². The third kappa shape index (κ3) is 3.11. The number of nitrogens with zero attached hydrogens (tertiary/aromatic N) is 1. The number of hydrogen-bond acceptors (Lipinski definition) is 3. The highest BCUT2D eigenvalue weighted by Gasteiger charge is 2.48. The molecule has 0 radical (unpaired) electrons. The summed E-state index contributed by atoms with van der Waals surface area (Å²) in [7, 11) is 0. The lowest BCUT2D eigenvalue weighted by atomic mass is 9.93. The Balaban J connectivity index is 1.98. The number of likely N-dealkylation sites (tertiary alicyclic amines) is 1. The van der Waals surface area contributed by atoms with Crippen LogP contribution in [0, 0.1) is 0 Å².